The van der Waals surface area contributed by atoms with Crippen LogP contribution in [0.15, 0.2) is 42.6 Å². The number of pyridine rings is 1. The SMILES string of the molecule is Cc1ccc(Oc2cc([C@@H](C)N)ccn2)cc1. The fourth-order valence-electron chi connectivity index (χ4n) is 1.49. The second kappa shape index (κ2) is 4.97. The molecule has 0 saturated carbocycles. The van der Waals surface area contributed by atoms with E-state index in [0.29, 0.717) is 5.88 Å². The molecule has 1 aromatic carbocycles. The molecule has 3 nitrogen and oxygen atoms in total. The average Bonchev–Trinajstić information content (AvgIpc) is 2.32. The van der Waals surface area contributed by atoms with Gasteiger partial charge in [-0.25, -0.2) is 4.98 Å². The smallest absolute Gasteiger partial charge is 0.219 e. The number of hydrogen-bond donors (Lipinski definition) is 1. The summed E-state index contributed by atoms with van der Waals surface area (Å²) >= 11 is 0. The third kappa shape index (κ3) is 3.04. The van der Waals surface area contributed by atoms with Gasteiger partial charge in [-0.1, -0.05) is 17.7 Å². The molecule has 0 saturated heterocycles. The Hall–Kier alpha value is -1.87. The Bertz CT molecular complexity index is 492. The fraction of sp³-hybridized carbons (Fsp3) is 0.214. The minimum Gasteiger partial charge on any atom is -0.439 e. The summed E-state index contributed by atoms with van der Waals surface area (Å²) in [6.45, 7) is 3.98. The highest BCUT2D eigenvalue weighted by molar-refractivity contribution is 5.31. The molecule has 0 bridgehead atoms. The predicted octanol–water partition coefficient (Wildman–Crippen LogP) is 3.20. The molecule has 0 unspecified atom stereocenters. The molecule has 1 heterocycles. The van der Waals surface area contributed by atoms with Gasteiger partial charge >= 0.3 is 0 Å². The van der Waals surface area contributed by atoms with E-state index >= 15 is 0 Å². The van der Waals surface area contributed by atoms with Gasteiger partial charge in [0.25, 0.3) is 0 Å². The second-order valence-electron chi connectivity index (χ2n) is 4.13. The molecule has 17 heavy (non-hydrogen) atoms. The van der Waals surface area contributed by atoms with Gasteiger partial charge in [0.1, 0.15) is 5.75 Å². The molecule has 0 spiro atoms. The standard InChI is InChI=1S/C14H16N2O/c1-10-3-5-13(6-4-10)17-14-9-12(11(2)15)7-8-16-14/h3-9,11H,15H2,1-2H3/t11-/m1/s1. The molecular formula is C14H16N2O. The van der Waals surface area contributed by atoms with Crippen molar-refractivity contribution in [3.8, 4) is 11.6 Å². The molecule has 2 N–H and O–H groups in total. The summed E-state index contributed by atoms with van der Waals surface area (Å²) in [7, 11) is 0. The maximum absolute atomic E-state index is 5.81. The maximum atomic E-state index is 5.81. The Kier molecular flexibility index (Phi) is 3.40. The molecule has 0 aliphatic heterocycles. The summed E-state index contributed by atoms with van der Waals surface area (Å²) in [6.07, 6.45) is 1.71. The first-order valence-electron chi connectivity index (χ1n) is 5.61. The van der Waals surface area contributed by atoms with Crippen LogP contribution >= 0.6 is 0 Å². The van der Waals surface area contributed by atoms with Crippen LogP contribution < -0.4 is 10.5 Å². The van der Waals surface area contributed by atoms with E-state index in [-0.39, 0.29) is 6.04 Å². The molecular weight excluding hydrogens is 212 g/mol. The van der Waals surface area contributed by atoms with Crippen molar-refractivity contribution in [2.75, 3.05) is 0 Å². The van der Waals surface area contributed by atoms with Gasteiger partial charge in [-0.15, -0.1) is 0 Å². The molecule has 0 radical (unpaired) electrons. The first kappa shape index (κ1) is 11.6. The number of benzene rings is 1. The van der Waals surface area contributed by atoms with E-state index in [1.54, 1.807) is 6.20 Å². The van der Waals surface area contributed by atoms with Crippen LogP contribution in [0.3, 0.4) is 0 Å². The van der Waals surface area contributed by atoms with Crippen LogP contribution in [-0.4, -0.2) is 4.98 Å². The molecule has 88 valence electrons. The first-order chi connectivity index (χ1) is 8.15. The number of aromatic nitrogens is 1. The molecule has 1 atom stereocenters. The van der Waals surface area contributed by atoms with Crippen molar-refractivity contribution in [2.45, 2.75) is 19.9 Å². The zero-order chi connectivity index (χ0) is 12.3. The quantitative estimate of drug-likeness (QED) is 0.877. The lowest BCUT2D eigenvalue weighted by molar-refractivity contribution is 0.461. The van der Waals surface area contributed by atoms with E-state index in [1.807, 2.05) is 50.2 Å². The second-order valence-corrected chi connectivity index (χ2v) is 4.13. The third-order valence-corrected chi connectivity index (χ3v) is 2.53. The van der Waals surface area contributed by atoms with Gasteiger partial charge in [0.15, 0.2) is 0 Å². The minimum absolute atomic E-state index is 0.0154. The topological polar surface area (TPSA) is 48.1 Å². The number of hydrogen-bond acceptors (Lipinski definition) is 3. The maximum Gasteiger partial charge on any atom is 0.219 e. The van der Waals surface area contributed by atoms with Crippen LogP contribution in [0.4, 0.5) is 0 Å². The largest absolute Gasteiger partial charge is 0.439 e. The van der Waals surface area contributed by atoms with Gasteiger partial charge in [-0.05, 0) is 37.6 Å². The number of rotatable bonds is 3. The predicted molar refractivity (Wildman–Crippen MR) is 68.1 cm³/mol. The zero-order valence-electron chi connectivity index (χ0n) is 10.1. The van der Waals surface area contributed by atoms with Gasteiger partial charge in [-0.3, -0.25) is 0 Å². The van der Waals surface area contributed by atoms with E-state index in [9.17, 15) is 0 Å². The van der Waals surface area contributed by atoms with Crippen molar-refractivity contribution < 1.29 is 4.74 Å². The van der Waals surface area contributed by atoms with Gasteiger partial charge in [0, 0.05) is 18.3 Å². The van der Waals surface area contributed by atoms with Crippen LogP contribution in [0.5, 0.6) is 11.6 Å². The molecule has 1 aromatic heterocycles. The van der Waals surface area contributed by atoms with Crippen molar-refractivity contribution >= 4 is 0 Å². The Labute approximate surface area is 101 Å². The molecule has 0 aliphatic rings. The van der Waals surface area contributed by atoms with Crippen LogP contribution in [-0.2, 0) is 0 Å². The van der Waals surface area contributed by atoms with Gasteiger partial charge in [-0.2, -0.15) is 0 Å². The third-order valence-electron chi connectivity index (χ3n) is 2.53. The van der Waals surface area contributed by atoms with Crippen molar-refractivity contribution in [3.05, 3.63) is 53.7 Å². The molecule has 2 aromatic rings. The molecule has 0 amide bonds. The first-order valence-corrected chi connectivity index (χ1v) is 5.61. The Morgan fingerprint density at radius 3 is 2.53 bits per heavy atom. The lowest BCUT2D eigenvalue weighted by Gasteiger charge is -2.08. The Morgan fingerprint density at radius 2 is 1.88 bits per heavy atom. The van der Waals surface area contributed by atoms with Crippen LogP contribution in [0, 0.1) is 6.92 Å². The van der Waals surface area contributed by atoms with Crippen molar-refractivity contribution in [1.29, 1.82) is 0 Å². The van der Waals surface area contributed by atoms with Crippen molar-refractivity contribution in [2.24, 2.45) is 5.73 Å². The van der Waals surface area contributed by atoms with Gasteiger partial charge in [0.2, 0.25) is 5.88 Å². The van der Waals surface area contributed by atoms with Crippen LogP contribution in [0.2, 0.25) is 0 Å². The zero-order valence-corrected chi connectivity index (χ0v) is 10.1. The molecule has 3 heteroatoms. The minimum atomic E-state index is -0.0154. The highest BCUT2D eigenvalue weighted by atomic mass is 16.5. The molecule has 0 aliphatic carbocycles. The average molecular weight is 228 g/mol. The highest BCUT2D eigenvalue weighted by Crippen LogP contribution is 2.21. The van der Waals surface area contributed by atoms with Crippen LogP contribution in [0.25, 0.3) is 0 Å². The number of ether oxygens (including phenoxy) is 1. The normalized spacial score (nSPS) is 12.2. The number of nitrogens with zero attached hydrogens (tertiary/aromatic N) is 1. The lowest BCUT2D eigenvalue weighted by atomic mass is 10.1. The highest BCUT2D eigenvalue weighted by Gasteiger charge is 2.03. The summed E-state index contributed by atoms with van der Waals surface area (Å²) in [5.74, 6) is 1.36. The lowest BCUT2D eigenvalue weighted by Crippen LogP contribution is -2.05. The van der Waals surface area contributed by atoms with Crippen molar-refractivity contribution in [1.82, 2.24) is 4.98 Å². The fourth-order valence-corrected chi connectivity index (χ4v) is 1.49. The summed E-state index contributed by atoms with van der Waals surface area (Å²) in [6, 6.07) is 11.6. The van der Waals surface area contributed by atoms with E-state index in [2.05, 4.69) is 4.98 Å². The molecule has 2 rings (SSSR count). The molecule has 0 fully saturated rings. The van der Waals surface area contributed by atoms with Crippen molar-refractivity contribution in [3.63, 3.8) is 0 Å². The van der Waals surface area contributed by atoms with E-state index in [1.165, 1.54) is 5.56 Å². The van der Waals surface area contributed by atoms with Gasteiger partial charge in [0.05, 0.1) is 0 Å². The number of aryl methyl sites for hydroxylation is 1. The summed E-state index contributed by atoms with van der Waals surface area (Å²) in [5.41, 5.74) is 8.03. The monoisotopic (exact) mass is 228 g/mol. The van der Waals surface area contributed by atoms with E-state index in [4.69, 9.17) is 10.5 Å². The summed E-state index contributed by atoms with van der Waals surface area (Å²) in [4.78, 5) is 4.16. The Morgan fingerprint density at radius 1 is 1.18 bits per heavy atom. The Balaban J connectivity index is 2.18. The summed E-state index contributed by atoms with van der Waals surface area (Å²) in [5, 5.41) is 0. The van der Waals surface area contributed by atoms with Gasteiger partial charge < -0.3 is 10.5 Å². The number of nitrogens with two attached hydrogens (primary N) is 1. The van der Waals surface area contributed by atoms with E-state index in [0.717, 1.165) is 11.3 Å². The summed E-state index contributed by atoms with van der Waals surface area (Å²) < 4.78 is 5.66. The van der Waals surface area contributed by atoms with E-state index < -0.39 is 0 Å². The van der Waals surface area contributed by atoms with Crippen LogP contribution in [0.1, 0.15) is 24.1 Å².